The maximum atomic E-state index is 11.6. The molecule has 0 bridgehead atoms. The Hall–Kier alpha value is -1.64. The lowest BCUT2D eigenvalue weighted by atomic mass is 9.91. The Kier molecular flexibility index (Phi) is 4.03. The molecule has 2 rings (SSSR count). The molecule has 1 aliphatic carbocycles. The van der Waals surface area contributed by atoms with Crippen LogP contribution < -0.4 is 0 Å². The summed E-state index contributed by atoms with van der Waals surface area (Å²) >= 11 is 0. The minimum atomic E-state index is -0.297. The first-order valence-electron chi connectivity index (χ1n) is 6.76. The summed E-state index contributed by atoms with van der Waals surface area (Å²) in [6, 6.07) is 4.23. The summed E-state index contributed by atoms with van der Waals surface area (Å²) in [4.78, 5) is 16.3. The van der Waals surface area contributed by atoms with Gasteiger partial charge < -0.3 is 4.74 Å². The summed E-state index contributed by atoms with van der Waals surface area (Å²) in [5.41, 5.74) is 4.02. The predicted octanol–water partition coefficient (Wildman–Crippen LogP) is 3.18. The van der Waals surface area contributed by atoms with Gasteiger partial charge in [-0.3, -0.25) is 4.98 Å². The number of hydrogen-bond donors (Lipinski definition) is 0. The number of aryl methyl sites for hydroxylation is 1. The molecule has 0 N–H and O–H groups in total. The van der Waals surface area contributed by atoms with Gasteiger partial charge in [-0.2, -0.15) is 0 Å². The third-order valence-corrected chi connectivity index (χ3v) is 4.01. The molecule has 1 aromatic rings. The van der Waals surface area contributed by atoms with E-state index in [4.69, 9.17) is 4.74 Å². The Balaban J connectivity index is 2.30. The van der Waals surface area contributed by atoms with Crippen LogP contribution in [0.3, 0.4) is 0 Å². The minimum Gasteiger partial charge on any atom is -0.466 e. The lowest BCUT2D eigenvalue weighted by Crippen LogP contribution is -2.16. The molecule has 2 atom stereocenters. The molecule has 0 saturated heterocycles. The van der Waals surface area contributed by atoms with Gasteiger partial charge in [-0.05, 0) is 49.7 Å². The number of aromatic nitrogens is 1. The highest BCUT2D eigenvalue weighted by Crippen LogP contribution is 2.34. The van der Waals surface area contributed by atoms with Crippen LogP contribution >= 0.6 is 0 Å². The van der Waals surface area contributed by atoms with Crippen molar-refractivity contribution in [3.8, 4) is 0 Å². The second-order valence-corrected chi connectivity index (χ2v) is 5.38. The lowest BCUT2D eigenvalue weighted by molar-refractivity contribution is -0.136. The van der Waals surface area contributed by atoms with Crippen molar-refractivity contribution in [2.75, 3.05) is 7.11 Å². The first-order valence-corrected chi connectivity index (χ1v) is 6.76. The summed E-state index contributed by atoms with van der Waals surface area (Å²) in [5, 5.41) is 0. The van der Waals surface area contributed by atoms with Crippen LogP contribution in [0.25, 0.3) is 0 Å². The van der Waals surface area contributed by atoms with E-state index in [1.165, 1.54) is 12.7 Å². The van der Waals surface area contributed by atoms with E-state index in [-0.39, 0.29) is 11.9 Å². The van der Waals surface area contributed by atoms with Crippen LogP contribution in [0, 0.1) is 12.8 Å². The van der Waals surface area contributed by atoms with Gasteiger partial charge in [-0.25, -0.2) is 4.79 Å². The first kappa shape index (κ1) is 13.8. The zero-order chi connectivity index (χ0) is 14.0. The van der Waals surface area contributed by atoms with Gasteiger partial charge in [0.15, 0.2) is 0 Å². The summed E-state index contributed by atoms with van der Waals surface area (Å²) in [6.45, 7) is 8.13. The molecule has 0 unspecified atom stereocenters. The summed E-state index contributed by atoms with van der Waals surface area (Å²) in [7, 11) is 1.41. The fraction of sp³-hybridized carbons (Fsp3) is 0.500. The Labute approximate surface area is 114 Å². The molecule has 0 fully saturated rings. The zero-order valence-corrected chi connectivity index (χ0v) is 11.9. The van der Waals surface area contributed by atoms with Crippen LogP contribution in [-0.2, 0) is 16.0 Å². The van der Waals surface area contributed by atoms with Crippen LogP contribution in [0.1, 0.15) is 42.6 Å². The molecule has 3 heteroatoms. The number of esters is 1. The first-order chi connectivity index (χ1) is 9.02. The number of carbonyl (C=O) groups is 1. The highest BCUT2D eigenvalue weighted by Gasteiger charge is 2.26. The van der Waals surface area contributed by atoms with Crippen molar-refractivity contribution >= 4 is 5.97 Å². The average molecular weight is 259 g/mol. The molecule has 102 valence electrons. The van der Waals surface area contributed by atoms with Crippen molar-refractivity contribution in [2.24, 2.45) is 5.92 Å². The fourth-order valence-electron chi connectivity index (χ4n) is 2.77. The van der Waals surface area contributed by atoms with Gasteiger partial charge in [-0.1, -0.05) is 19.6 Å². The van der Waals surface area contributed by atoms with Gasteiger partial charge in [-0.15, -0.1) is 0 Å². The van der Waals surface area contributed by atoms with E-state index in [9.17, 15) is 4.79 Å². The second-order valence-electron chi connectivity index (χ2n) is 5.38. The van der Waals surface area contributed by atoms with Crippen molar-refractivity contribution in [1.29, 1.82) is 0 Å². The highest BCUT2D eigenvalue weighted by atomic mass is 16.5. The number of rotatable bonds is 2. The molecule has 0 aromatic carbocycles. The summed E-state index contributed by atoms with van der Waals surface area (Å²) in [5.74, 6) is 0.331. The summed E-state index contributed by atoms with van der Waals surface area (Å²) < 4.78 is 4.79. The Bertz CT molecular complexity index is 507. The lowest BCUT2D eigenvalue weighted by Gasteiger charge is -2.15. The fourth-order valence-corrected chi connectivity index (χ4v) is 2.77. The van der Waals surface area contributed by atoms with Gasteiger partial charge in [0.25, 0.3) is 0 Å². The third kappa shape index (κ3) is 2.86. The van der Waals surface area contributed by atoms with E-state index < -0.39 is 0 Å². The SMILES string of the molecule is C=C(C(=O)OC)[C@H]1CC[C@@H](C)c2ccc(C)nc2C1. The smallest absolute Gasteiger partial charge is 0.333 e. The number of ether oxygens (including phenoxy) is 1. The monoisotopic (exact) mass is 259 g/mol. The van der Waals surface area contributed by atoms with Crippen LogP contribution in [0.5, 0.6) is 0 Å². The topological polar surface area (TPSA) is 39.2 Å². The van der Waals surface area contributed by atoms with Gasteiger partial charge in [0.2, 0.25) is 0 Å². The Morgan fingerprint density at radius 1 is 1.42 bits per heavy atom. The number of methoxy groups -OCH3 is 1. The van der Waals surface area contributed by atoms with E-state index in [1.807, 2.05) is 6.92 Å². The molecule has 1 aliphatic rings. The van der Waals surface area contributed by atoms with Crippen molar-refractivity contribution in [3.63, 3.8) is 0 Å². The standard InChI is InChI=1S/C16H21NO2/c1-10-5-7-13(12(3)16(18)19-4)9-15-14(10)8-6-11(2)17-15/h6,8,10,13H,3,5,7,9H2,1-2,4H3/t10-,13+/m1/s1. The molecule has 0 aliphatic heterocycles. The van der Waals surface area contributed by atoms with E-state index in [0.29, 0.717) is 11.5 Å². The number of pyridine rings is 1. The molecule has 19 heavy (non-hydrogen) atoms. The third-order valence-electron chi connectivity index (χ3n) is 4.01. The van der Waals surface area contributed by atoms with E-state index in [1.54, 1.807) is 0 Å². The average Bonchev–Trinajstić information content (AvgIpc) is 2.56. The van der Waals surface area contributed by atoms with E-state index in [0.717, 1.165) is 30.7 Å². The maximum Gasteiger partial charge on any atom is 0.333 e. The quantitative estimate of drug-likeness (QED) is 0.465. The number of fused-ring (bicyclic) bond motifs is 1. The number of hydrogen-bond acceptors (Lipinski definition) is 3. The van der Waals surface area contributed by atoms with E-state index in [2.05, 4.69) is 30.6 Å². The molecule has 0 amide bonds. The highest BCUT2D eigenvalue weighted by molar-refractivity contribution is 5.88. The minimum absolute atomic E-state index is 0.144. The second kappa shape index (κ2) is 5.55. The largest absolute Gasteiger partial charge is 0.466 e. The van der Waals surface area contributed by atoms with E-state index >= 15 is 0 Å². The van der Waals surface area contributed by atoms with Crippen LogP contribution in [0.15, 0.2) is 24.3 Å². The van der Waals surface area contributed by atoms with Crippen molar-refractivity contribution < 1.29 is 9.53 Å². The Morgan fingerprint density at radius 3 is 2.84 bits per heavy atom. The normalized spacial score (nSPS) is 22.3. The number of carbonyl (C=O) groups excluding carboxylic acids is 1. The molecule has 1 aromatic heterocycles. The zero-order valence-electron chi connectivity index (χ0n) is 11.9. The van der Waals surface area contributed by atoms with Crippen LogP contribution in [0.2, 0.25) is 0 Å². The molecule has 0 spiro atoms. The van der Waals surface area contributed by atoms with Crippen LogP contribution in [0.4, 0.5) is 0 Å². The van der Waals surface area contributed by atoms with Gasteiger partial charge in [0.1, 0.15) is 0 Å². The molecular weight excluding hydrogens is 238 g/mol. The predicted molar refractivity (Wildman–Crippen MR) is 75.0 cm³/mol. The van der Waals surface area contributed by atoms with Gasteiger partial charge >= 0.3 is 5.97 Å². The molecule has 0 saturated carbocycles. The van der Waals surface area contributed by atoms with Gasteiger partial charge in [0.05, 0.1) is 7.11 Å². The molecular formula is C16H21NO2. The molecule has 0 radical (unpaired) electrons. The number of nitrogens with zero attached hydrogens (tertiary/aromatic N) is 1. The Morgan fingerprint density at radius 2 is 2.16 bits per heavy atom. The molecule has 3 nitrogen and oxygen atoms in total. The summed E-state index contributed by atoms with van der Waals surface area (Å²) in [6.07, 6.45) is 2.80. The van der Waals surface area contributed by atoms with Crippen LogP contribution in [-0.4, -0.2) is 18.1 Å². The van der Waals surface area contributed by atoms with Crippen molar-refractivity contribution in [3.05, 3.63) is 41.2 Å². The molecule has 1 heterocycles. The maximum absolute atomic E-state index is 11.6. The van der Waals surface area contributed by atoms with Crippen molar-refractivity contribution in [2.45, 2.75) is 39.0 Å². The van der Waals surface area contributed by atoms with Crippen molar-refractivity contribution in [1.82, 2.24) is 4.98 Å². The van der Waals surface area contributed by atoms with Gasteiger partial charge in [0, 0.05) is 17.0 Å².